The van der Waals surface area contributed by atoms with E-state index in [9.17, 15) is 4.79 Å². The van der Waals surface area contributed by atoms with Gasteiger partial charge >= 0.3 is 5.97 Å². The summed E-state index contributed by atoms with van der Waals surface area (Å²) < 4.78 is 5.09. The van der Waals surface area contributed by atoms with Gasteiger partial charge in [-0.1, -0.05) is 42.0 Å². The SMILES string of the molecule is CCOC(=O)C1=Cc2ccc(-c3cccc(C)c3)cc2N=C(N)C1. The van der Waals surface area contributed by atoms with Gasteiger partial charge in [-0.2, -0.15) is 0 Å². The molecule has 0 amide bonds. The van der Waals surface area contributed by atoms with E-state index in [-0.39, 0.29) is 5.97 Å². The maximum absolute atomic E-state index is 12.0. The van der Waals surface area contributed by atoms with Crippen LogP contribution in [0.1, 0.15) is 24.5 Å². The van der Waals surface area contributed by atoms with Gasteiger partial charge in [-0.05, 0) is 37.1 Å². The standard InChI is InChI=1S/C20H20N2O2/c1-3-24-20(23)17-10-16-8-7-15(11-18(16)22-19(21)12-17)14-6-4-5-13(2)9-14/h4-11H,3,12H2,1-2H3,(H2,21,22). The molecule has 1 aliphatic heterocycles. The van der Waals surface area contributed by atoms with Gasteiger partial charge < -0.3 is 10.5 Å². The smallest absolute Gasteiger partial charge is 0.334 e. The molecule has 0 unspecified atom stereocenters. The van der Waals surface area contributed by atoms with Crippen LogP contribution < -0.4 is 5.73 Å². The van der Waals surface area contributed by atoms with Crippen LogP contribution >= 0.6 is 0 Å². The fourth-order valence-electron chi connectivity index (χ4n) is 2.75. The molecule has 0 radical (unpaired) electrons. The number of benzene rings is 2. The summed E-state index contributed by atoms with van der Waals surface area (Å²) in [5.74, 6) is 0.0701. The molecule has 24 heavy (non-hydrogen) atoms. The molecule has 3 rings (SSSR count). The third kappa shape index (κ3) is 3.38. The van der Waals surface area contributed by atoms with Crippen molar-refractivity contribution < 1.29 is 9.53 Å². The van der Waals surface area contributed by atoms with Gasteiger partial charge in [-0.3, -0.25) is 0 Å². The Bertz CT molecular complexity index is 850. The molecule has 2 aromatic carbocycles. The van der Waals surface area contributed by atoms with Crippen molar-refractivity contribution in [3.05, 3.63) is 59.2 Å². The first-order valence-electron chi connectivity index (χ1n) is 7.98. The lowest BCUT2D eigenvalue weighted by Gasteiger charge is -2.07. The van der Waals surface area contributed by atoms with Crippen LogP contribution in [0.15, 0.2) is 53.0 Å². The van der Waals surface area contributed by atoms with E-state index < -0.39 is 0 Å². The fraction of sp³-hybridized carbons (Fsp3) is 0.200. The number of fused-ring (bicyclic) bond motifs is 1. The van der Waals surface area contributed by atoms with E-state index in [0.717, 1.165) is 22.4 Å². The normalized spacial score (nSPS) is 13.4. The maximum Gasteiger partial charge on any atom is 0.334 e. The highest BCUT2D eigenvalue weighted by Gasteiger charge is 2.17. The van der Waals surface area contributed by atoms with Gasteiger partial charge in [0.2, 0.25) is 0 Å². The Morgan fingerprint density at radius 3 is 2.75 bits per heavy atom. The molecule has 4 nitrogen and oxygen atoms in total. The van der Waals surface area contributed by atoms with Crippen LogP contribution in [-0.2, 0) is 9.53 Å². The molecule has 0 saturated carbocycles. The number of aliphatic imine (C=N–C) groups is 1. The monoisotopic (exact) mass is 320 g/mol. The number of ether oxygens (including phenoxy) is 1. The summed E-state index contributed by atoms with van der Waals surface area (Å²) in [6.45, 7) is 4.19. The summed E-state index contributed by atoms with van der Waals surface area (Å²) in [6.07, 6.45) is 2.12. The zero-order chi connectivity index (χ0) is 17.1. The number of nitrogens with zero attached hydrogens (tertiary/aromatic N) is 1. The number of hydrogen-bond donors (Lipinski definition) is 1. The largest absolute Gasteiger partial charge is 0.463 e. The van der Waals surface area contributed by atoms with Crippen LogP contribution in [-0.4, -0.2) is 18.4 Å². The maximum atomic E-state index is 12.0. The highest BCUT2D eigenvalue weighted by atomic mass is 16.5. The Labute approximate surface area is 141 Å². The van der Waals surface area contributed by atoms with E-state index in [1.807, 2.05) is 30.3 Å². The van der Waals surface area contributed by atoms with Crippen molar-refractivity contribution in [3.8, 4) is 11.1 Å². The third-order valence-corrected chi connectivity index (χ3v) is 3.88. The number of amidine groups is 1. The van der Waals surface area contributed by atoms with Crippen LogP contribution in [0.4, 0.5) is 5.69 Å². The van der Waals surface area contributed by atoms with Crippen molar-refractivity contribution >= 4 is 23.6 Å². The fourth-order valence-corrected chi connectivity index (χ4v) is 2.75. The Morgan fingerprint density at radius 2 is 2.00 bits per heavy atom. The predicted octanol–water partition coefficient (Wildman–Crippen LogP) is 4.00. The number of carbonyl (C=O) groups excluding carboxylic acids is 1. The average Bonchev–Trinajstić information content (AvgIpc) is 2.72. The van der Waals surface area contributed by atoms with Crippen molar-refractivity contribution in [3.63, 3.8) is 0 Å². The number of hydrogen-bond acceptors (Lipinski definition) is 4. The van der Waals surface area contributed by atoms with Crippen LogP contribution in [0.2, 0.25) is 0 Å². The Hall–Kier alpha value is -2.88. The van der Waals surface area contributed by atoms with Gasteiger partial charge in [0, 0.05) is 17.6 Å². The molecule has 1 heterocycles. The topological polar surface area (TPSA) is 64.7 Å². The summed E-state index contributed by atoms with van der Waals surface area (Å²) in [6, 6.07) is 14.3. The molecule has 1 aliphatic rings. The van der Waals surface area contributed by atoms with E-state index >= 15 is 0 Å². The summed E-state index contributed by atoms with van der Waals surface area (Å²) in [5, 5.41) is 0. The minimum absolute atomic E-state index is 0.299. The van der Waals surface area contributed by atoms with Crippen LogP contribution in [0.3, 0.4) is 0 Å². The molecule has 122 valence electrons. The quantitative estimate of drug-likeness (QED) is 0.869. The lowest BCUT2D eigenvalue weighted by molar-refractivity contribution is -0.138. The predicted molar refractivity (Wildman–Crippen MR) is 97.1 cm³/mol. The van der Waals surface area contributed by atoms with Gasteiger partial charge in [-0.15, -0.1) is 0 Å². The Balaban J connectivity index is 2.04. The molecular weight excluding hydrogens is 300 g/mol. The van der Waals surface area contributed by atoms with Gasteiger partial charge in [0.1, 0.15) is 5.84 Å². The second-order valence-electron chi connectivity index (χ2n) is 5.81. The lowest BCUT2D eigenvalue weighted by atomic mass is 10.00. The molecule has 0 aromatic heterocycles. The summed E-state index contributed by atoms with van der Waals surface area (Å²) >= 11 is 0. The van der Waals surface area contributed by atoms with Crippen LogP contribution in [0.25, 0.3) is 17.2 Å². The van der Waals surface area contributed by atoms with Crippen molar-refractivity contribution in [1.29, 1.82) is 0 Å². The number of rotatable bonds is 3. The zero-order valence-corrected chi connectivity index (χ0v) is 13.9. The summed E-state index contributed by atoms with van der Waals surface area (Å²) in [4.78, 5) is 16.5. The van der Waals surface area contributed by atoms with E-state index in [1.165, 1.54) is 5.56 Å². The molecule has 0 bridgehead atoms. The van der Waals surface area contributed by atoms with E-state index in [2.05, 4.69) is 30.1 Å². The molecule has 2 aromatic rings. The van der Waals surface area contributed by atoms with E-state index in [0.29, 0.717) is 24.4 Å². The van der Waals surface area contributed by atoms with Gasteiger partial charge in [0.05, 0.1) is 12.3 Å². The minimum atomic E-state index is -0.341. The van der Waals surface area contributed by atoms with Crippen LogP contribution in [0, 0.1) is 6.92 Å². The number of carbonyl (C=O) groups is 1. The summed E-state index contributed by atoms with van der Waals surface area (Å²) in [7, 11) is 0. The first-order chi connectivity index (χ1) is 11.6. The van der Waals surface area contributed by atoms with Gasteiger partial charge in [-0.25, -0.2) is 9.79 Å². The number of esters is 1. The molecule has 4 heteroatoms. The molecule has 0 saturated heterocycles. The number of aryl methyl sites for hydroxylation is 1. The van der Waals surface area contributed by atoms with Crippen LogP contribution in [0.5, 0.6) is 0 Å². The third-order valence-electron chi connectivity index (χ3n) is 3.88. The minimum Gasteiger partial charge on any atom is -0.463 e. The van der Waals surface area contributed by atoms with E-state index in [4.69, 9.17) is 10.5 Å². The van der Waals surface area contributed by atoms with Crippen molar-refractivity contribution in [1.82, 2.24) is 0 Å². The lowest BCUT2D eigenvalue weighted by Crippen LogP contribution is -2.16. The van der Waals surface area contributed by atoms with Gasteiger partial charge in [0.15, 0.2) is 0 Å². The van der Waals surface area contributed by atoms with Crippen molar-refractivity contribution in [2.75, 3.05) is 6.61 Å². The number of nitrogens with two attached hydrogens (primary N) is 1. The van der Waals surface area contributed by atoms with Crippen molar-refractivity contribution in [2.24, 2.45) is 10.7 Å². The first-order valence-corrected chi connectivity index (χ1v) is 7.98. The second kappa shape index (κ2) is 6.71. The molecule has 0 spiro atoms. The Morgan fingerprint density at radius 1 is 1.21 bits per heavy atom. The molecule has 0 fully saturated rings. The second-order valence-corrected chi connectivity index (χ2v) is 5.81. The van der Waals surface area contributed by atoms with Gasteiger partial charge in [0.25, 0.3) is 0 Å². The summed E-state index contributed by atoms with van der Waals surface area (Å²) in [5.41, 5.74) is 11.6. The first kappa shape index (κ1) is 16.0. The molecule has 0 aliphatic carbocycles. The highest BCUT2D eigenvalue weighted by molar-refractivity contribution is 6.03. The molecule has 0 atom stereocenters. The zero-order valence-electron chi connectivity index (χ0n) is 13.9. The molecular formula is C20H20N2O2. The Kier molecular flexibility index (Phi) is 4.47. The average molecular weight is 320 g/mol. The highest BCUT2D eigenvalue weighted by Crippen LogP contribution is 2.32. The van der Waals surface area contributed by atoms with Crippen molar-refractivity contribution in [2.45, 2.75) is 20.3 Å². The van der Waals surface area contributed by atoms with E-state index in [1.54, 1.807) is 6.92 Å². The molecule has 2 N–H and O–H groups in total.